The molecule has 0 saturated heterocycles. The summed E-state index contributed by atoms with van der Waals surface area (Å²) in [4.78, 5) is 10.4. The Morgan fingerprint density at radius 1 is 1.50 bits per heavy atom. The summed E-state index contributed by atoms with van der Waals surface area (Å²) in [6.45, 7) is 0. The molecule has 0 saturated carbocycles. The minimum Gasteiger partial charge on any atom is -0.506 e. The summed E-state index contributed by atoms with van der Waals surface area (Å²) < 4.78 is 5.28. The predicted octanol–water partition coefficient (Wildman–Crippen LogP) is 1.14. The first-order valence-corrected chi connectivity index (χ1v) is 4.01. The molecule has 0 unspecified atom stereocenters. The molecular formula is C7H5NO3S. The van der Waals surface area contributed by atoms with Crippen molar-refractivity contribution < 1.29 is 9.52 Å². The highest BCUT2D eigenvalue weighted by Gasteiger charge is 2.07. The van der Waals surface area contributed by atoms with Crippen LogP contribution in [0.15, 0.2) is 21.3 Å². The zero-order valence-electron chi connectivity index (χ0n) is 5.90. The van der Waals surface area contributed by atoms with Crippen molar-refractivity contribution in [1.29, 1.82) is 0 Å². The summed E-state index contributed by atoms with van der Waals surface area (Å²) in [5.74, 6) is -0.0282. The van der Waals surface area contributed by atoms with Gasteiger partial charge in [0.05, 0.1) is 5.69 Å². The van der Waals surface area contributed by atoms with Crippen LogP contribution in [0.2, 0.25) is 0 Å². The molecule has 0 spiro atoms. The van der Waals surface area contributed by atoms with Crippen molar-refractivity contribution >= 4 is 27.3 Å². The van der Waals surface area contributed by atoms with E-state index in [4.69, 9.17) is 15.3 Å². The maximum Gasteiger partial charge on any atom is 0.396 e. The summed E-state index contributed by atoms with van der Waals surface area (Å²) in [5.41, 5.74) is 6.11. The molecule has 0 amide bonds. The molecule has 0 aliphatic carbocycles. The van der Waals surface area contributed by atoms with Gasteiger partial charge < -0.3 is 15.3 Å². The van der Waals surface area contributed by atoms with Gasteiger partial charge in [-0.25, -0.2) is 4.79 Å². The summed E-state index contributed by atoms with van der Waals surface area (Å²) >= 11 is 0.886. The van der Waals surface area contributed by atoms with Crippen LogP contribution < -0.4 is 10.7 Å². The fourth-order valence-electron chi connectivity index (χ4n) is 0.949. The predicted molar refractivity (Wildman–Crippen MR) is 46.4 cm³/mol. The molecule has 1 heterocycles. The lowest BCUT2D eigenvalue weighted by molar-refractivity contribution is 0.478. The van der Waals surface area contributed by atoms with E-state index >= 15 is 0 Å². The summed E-state index contributed by atoms with van der Waals surface area (Å²) in [6, 6.07) is 2.91. The van der Waals surface area contributed by atoms with Crippen LogP contribution in [0.25, 0.3) is 10.3 Å². The third kappa shape index (κ3) is 0.868. The zero-order chi connectivity index (χ0) is 8.72. The lowest BCUT2D eigenvalue weighted by atomic mass is 10.3. The number of anilines is 1. The van der Waals surface area contributed by atoms with Crippen LogP contribution in [0.4, 0.5) is 5.69 Å². The molecule has 12 heavy (non-hydrogen) atoms. The van der Waals surface area contributed by atoms with E-state index in [0.717, 1.165) is 11.3 Å². The maximum atomic E-state index is 10.8. The van der Waals surface area contributed by atoms with Crippen LogP contribution in [0, 0.1) is 0 Å². The summed E-state index contributed by atoms with van der Waals surface area (Å²) in [5, 5.41) is 9.16. The summed E-state index contributed by atoms with van der Waals surface area (Å²) in [7, 11) is 0. The van der Waals surface area contributed by atoms with Gasteiger partial charge in [0, 0.05) is 0 Å². The molecule has 2 aromatic rings. The topological polar surface area (TPSA) is 76.5 Å². The first-order chi connectivity index (χ1) is 5.68. The highest BCUT2D eigenvalue weighted by atomic mass is 32.1. The number of phenols is 1. The molecule has 0 aliphatic rings. The standard InChI is InChI=1S/C7H5NO3S/c8-5-3(9)1-2-4-6(5)12-7(10)11-4/h1-2,9H,8H2. The van der Waals surface area contributed by atoms with E-state index in [9.17, 15) is 4.79 Å². The van der Waals surface area contributed by atoms with Gasteiger partial charge in [-0.15, -0.1) is 0 Å². The third-order valence-electron chi connectivity index (χ3n) is 1.52. The molecule has 2 rings (SSSR count). The number of nitrogen functional groups attached to an aromatic ring is 1. The van der Waals surface area contributed by atoms with Crippen LogP contribution in [-0.2, 0) is 0 Å². The molecule has 4 nitrogen and oxygen atoms in total. The van der Waals surface area contributed by atoms with Crippen molar-refractivity contribution in [3.8, 4) is 5.75 Å². The fourth-order valence-corrected chi connectivity index (χ4v) is 1.67. The second-order valence-electron chi connectivity index (χ2n) is 2.28. The normalized spacial score (nSPS) is 10.7. The monoisotopic (exact) mass is 183 g/mol. The minimum absolute atomic E-state index is 0.0282. The van der Waals surface area contributed by atoms with Gasteiger partial charge in [0.2, 0.25) is 0 Å². The van der Waals surface area contributed by atoms with Gasteiger partial charge in [0.25, 0.3) is 0 Å². The maximum absolute atomic E-state index is 10.8. The number of aromatic hydroxyl groups is 1. The number of rotatable bonds is 0. The first kappa shape index (κ1) is 7.17. The number of hydrogen-bond donors (Lipinski definition) is 2. The number of nitrogens with two attached hydrogens (primary N) is 1. The number of phenolic OH excluding ortho intramolecular Hbond substituents is 1. The Kier molecular flexibility index (Phi) is 1.34. The molecule has 0 fully saturated rings. The first-order valence-electron chi connectivity index (χ1n) is 3.19. The second-order valence-corrected chi connectivity index (χ2v) is 3.23. The van der Waals surface area contributed by atoms with Crippen molar-refractivity contribution in [3.63, 3.8) is 0 Å². The largest absolute Gasteiger partial charge is 0.506 e. The summed E-state index contributed by atoms with van der Waals surface area (Å²) in [6.07, 6.45) is 0. The van der Waals surface area contributed by atoms with Crippen molar-refractivity contribution in [2.75, 3.05) is 5.73 Å². The van der Waals surface area contributed by atoms with Crippen molar-refractivity contribution in [2.45, 2.75) is 0 Å². The average molecular weight is 183 g/mol. The molecule has 0 radical (unpaired) electrons. The Morgan fingerprint density at radius 2 is 2.25 bits per heavy atom. The average Bonchev–Trinajstić information content (AvgIpc) is 2.39. The molecule has 62 valence electrons. The van der Waals surface area contributed by atoms with Crippen LogP contribution in [0.5, 0.6) is 5.75 Å². The highest BCUT2D eigenvalue weighted by Crippen LogP contribution is 2.30. The van der Waals surface area contributed by atoms with Gasteiger partial charge in [0.1, 0.15) is 10.4 Å². The number of hydrogen-bond acceptors (Lipinski definition) is 5. The van der Waals surface area contributed by atoms with Gasteiger partial charge >= 0.3 is 4.94 Å². The highest BCUT2D eigenvalue weighted by molar-refractivity contribution is 7.16. The second kappa shape index (κ2) is 2.25. The Bertz CT molecular complexity index is 485. The number of fused-ring (bicyclic) bond motifs is 1. The zero-order valence-corrected chi connectivity index (χ0v) is 6.72. The van der Waals surface area contributed by atoms with Gasteiger partial charge in [0.15, 0.2) is 5.58 Å². The smallest absolute Gasteiger partial charge is 0.396 e. The van der Waals surface area contributed by atoms with Crippen molar-refractivity contribution in [2.24, 2.45) is 0 Å². The Balaban J connectivity index is 2.99. The molecular weight excluding hydrogens is 178 g/mol. The van der Waals surface area contributed by atoms with Gasteiger partial charge in [-0.3, -0.25) is 0 Å². The van der Waals surface area contributed by atoms with Crippen molar-refractivity contribution in [3.05, 3.63) is 21.9 Å². The minimum atomic E-state index is -0.415. The molecule has 0 aliphatic heterocycles. The fraction of sp³-hybridized carbons (Fsp3) is 0. The quantitative estimate of drug-likeness (QED) is 0.474. The molecule has 3 N–H and O–H groups in total. The van der Waals surface area contributed by atoms with Crippen LogP contribution in [0.1, 0.15) is 0 Å². The molecule has 0 bridgehead atoms. The van der Waals surface area contributed by atoms with Crippen LogP contribution in [0.3, 0.4) is 0 Å². The van der Waals surface area contributed by atoms with Crippen LogP contribution >= 0.6 is 11.3 Å². The van der Waals surface area contributed by atoms with Crippen molar-refractivity contribution in [1.82, 2.24) is 0 Å². The molecule has 1 aromatic carbocycles. The lowest BCUT2D eigenvalue weighted by Crippen LogP contribution is -1.84. The van der Waals surface area contributed by atoms with Gasteiger partial charge in [-0.05, 0) is 23.5 Å². The Labute approximate surface area is 70.9 Å². The van der Waals surface area contributed by atoms with Gasteiger partial charge in [-0.1, -0.05) is 0 Å². The SMILES string of the molecule is Nc1c(O)ccc2oc(=O)sc12. The Morgan fingerprint density at radius 3 is 3.00 bits per heavy atom. The number of benzene rings is 1. The van der Waals surface area contributed by atoms with E-state index in [1.54, 1.807) is 0 Å². The van der Waals surface area contributed by atoms with E-state index in [-0.39, 0.29) is 11.4 Å². The van der Waals surface area contributed by atoms with E-state index in [0.29, 0.717) is 10.3 Å². The van der Waals surface area contributed by atoms with Gasteiger partial charge in [-0.2, -0.15) is 0 Å². The van der Waals surface area contributed by atoms with E-state index in [1.165, 1.54) is 12.1 Å². The van der Waals surface area contributed by atoms with Crippen LogP contribution in [-0.4, -0.2) is 5.11 Å². The van der Waals surface area contributed by atoms with E-state index in [1.807, 2.05) is 0 Å². The molecule has 0 atom stereocenters. The van der Waals surface area contributed by atoms with E-state index in [2.05, 4.69) is 0 Å². The Hall–Kier alpha value is -1.49. The molecule has 1 aromatic heterocycles. The lowest BCUT2D eigenvalue weighted by Gasteiger charge is -1.95. The molecule has 5 heteroatoms. The van der Waals surface area contributed by atoms with E-state index < -0.39 is 4.94 Å². The third-order valence-corrected chi connectivity index (χ3v) is 2.39.